The van der Waals surface area contributed by atoms with Gasteiger partial charge in [0.05, 0.1) is 0 Å². The van der Waals surface area contributed by atoms with Crippen LogP contribution in [-0.2, 0) is 4.84 Å². The monoisotopic (exact) mass is 152 g/mol. The summed E-state index contributed by atoms with van der Waals surface area (Å²) in [6.07, 6.45) is -2.54. The van der Waals surface area contributed by atoms with Gasteiger partial charge in [-0.25, -0.2) is 0 Å². The minimum atomic E-state index is -2.54. The molecule has 0 aliphatic heterocycles. The van der Waals surface area contributed by atoms with E-state index in [4.69, 9.17) is 0 Å². The molecule has 0 heterocycles. The molecule has 0 saturated heterocycles. The molecule has 0 aromatic heterocycles. The molecular formula is CH2N3O6-. The van der Waals surface area contributed by atoms with Crippen LogP contribution in [-0.4, -0.2) is 16.2 Å². The molecule has 10 heavy (non-hydrogen) atoms. The van der Waals surface area contributed by atoms with Crippen LogP contribution in [0.4, 0.5) is 0 Å². The highest BCUT2D eigenvalue weighted by Gasteiger charge is 2.32. The van der Waals surface area contributed by atoms with Crippen molar-refractivity contribution in [1.29, 1.82) is 0 Å². The van der Waals surface area contributed by atoms with Crippen molar-refractivity contribution in [2.45, 2.75) is 6.35 Å². The van der Waals surface area contributed by atoms with E-state index in [-0.39, 0.29) is 0 Å². The molecule has 0 rings (SSSR count). The summed E-state index contributed by atoms with van der Waals surface area (Å²) in [6, 6.07) is 0. The van der Waals surface area contributed by atoms with Crippen LogP contribution in [0.25, 0.3) is 0 Å². The van der Waals surface area contributed by atoms with E-state index in [1.54, 1.807) is 0 Å². The number of rotatable bonds is 4. The van der Waals surface area contributed by atoms with Gasteiger partial charge in [0.15, 0.2) is 0 Å². The van der Waals surface area contributed by atoms with Crippen LogP contribution in [0, 0.1) is 25.4 Å². The normalized spacial score (nSPS) is 9.80. The van der Waals surface area contributed by atoms with Gasteiger partial charge in [0.1, 0.15) is 9.85 Å². The number of nitrogens with zero attached hydrogens (tertiary/aromatic N) is 2. The SMILES string of the molecule is O=[N+]([O-])C(ON[O-])[N+](=O)[O-]. The van der Waals surface area contributed by atoms with Crippen molar-refractivity contribution in [3.63, 3.8) is 0 Å². The fourth-order valence-corrected chi connectivity index (χ4v) is 0.206. The average molecular weight is 152 g/mol. The summed E-state index contributed by atoms with van der Waals surface area (Å²) in [4.78, 5) is 19.8. The van der Waals surface area contributed by atoms with Crippen molar-refractivity contribution < 1.29 is 14.7 Å². The van der Waals surface area contributed by atoms with Crippen LogP contribution in [0.2, 0.25) is 0 Å². The first-order valence-electron chi connectivity index (χ1n) is 1.89. The highest BCUT2D eigenvalue weighted by molar-refractivity contribution is 4.20. The minimum absolute atomic E-state index is 0.597. The fraction of sp³-hybridized carbons (Fsp3) is 1.00. The van der Waals surface area contributed by atoms with E-state index in [2.05, 4.69) is 4.84 Å². The van der Waals surface area contributed by atoms with Crippen LogP contribution in [0.1, 0.15) is 0 Å². The van der Waals surface area contributed by atoms with Crippen molar-refractivity contribution in [3.8, 4) is 0 Å². The smallest absolute Gasteiger partial charge is 0.584 e. The van der Waals surface area contributed by atoms with Crippen molar-refractivity contribution >= 4 is 0 Å². The first-order valence-corrected chi connectivity index (χ1v) is 1.89. The third-order valence-electron chi connectivity index (χ3n) is 0.514. The summed E-state index contributed by atoms with van der Waals surface area (Å²) in [7, 11) is 0. The van der Waals surface area contributed by atoms with Gasteiger partial charge in [0.25, 0.3) is 0 Å². The second kappa shape index (κ2) is 3.66. The lowest BCUT2D eigenvalue weighted by molar-refractivity contribution is -0.796. The van der Waals surface area contributed by atoms with Crippen molar-refractivity contribution in [1.82, 2.24) is 5.64 Å². The lowest BCUT2D eigenvalue weighted by atomic mass is 11.0. The molecule has 1 N–H and O–H groups in total. The first kappa shape index (κ1) is 8.68. The molecule has 9 heteroatoms. The van der Waals surface area contributed by atoms with Crippen LogP contribution < -0.4 is 5.64 Å². The van der Waals surface area contributed by atoms with Gasteiger partial charge in [0.2, 0.25) is 0 Å². The topological polar surface area (TPSA) is 131 Å². The Kier molecular flexibility index (Phi) is 3.17. The van der Waals surface area contributed by atoms with Gasteiger partial charge in [-0.2, -0.15) is 4.84 Å². The van der Waals surface area contributed by atoms with Gasteiger partial charge < -0.3 is 5.21 Å². The van der Waals surface area contributed by atoms with E-state index in [1.165, 1.54) is 0 Å². The molecular weight excluding hydrogens is 150 g/mol. The molecule has 0 amide bonds. The molecule has 9 nitrogen and oxygen atoms in total. The van der Waals surface area contributed by atoms with Crippen LogP contribution in [0.5, 0.6) is 0 Å². The lowest BCUT2D eigenvalue weighted by Crippen LogP contribution is -2.34. The maximum absolute atomic E-state index is 9.59. The lowest BCUT2D eigenvalue weighted by Gasteiger charge is -2.05. The quantitative estimate of drug-likeness (QED) is 0.305. The number of hydrogen-bond donors (Lipinski definition) is 1. The fourth-order valence-electron chi connectivity index (χ4n) is 0.206. The summed E-state index contributed by atoms with van der Waals surface area (Å²) in [6.45, 7) is 0. The molecule has 0 aliphatic carbocycles. The van der Waals surface area contributed by atoms with Crippen molar-refractivity contribution in [3.05, 3.63) is 25.4 Å². The van der Waals surface area contributed by atoms with Crippen molar-refractivity contribution in [2.75, 3.05) is 0 Å². The van der Waals surface area contributed by atoms with Gasteiger partial charge in [-0.05, 0) is 0 Å². The van der Waals surface area contributed by atoms with Crippen molar-refractivity contribution in [2.24, 2.45) is 0 Å². The molecule has 0 radical (unpaired) electrons. The number of nitro groups is 2. The standard InChI is InChI=1S/CH2N3O6/c5-2-10-1(3(6)7)4(8)9/h1-2H/q-1. The van der Waals surface area contributed by atoms with Crippen LogP contribution in [0.3, 0.4) is 0 Å². The summed E-state index contributed by atoms with van der Waals surface area (Å²) in [5.74, 6) is 0. The second-order valence-electron chi connectivity index (χ2n) is 1.10. The second-order valence-corrected chi connectivity index (χ2v) is 1.10. The zero-order chi connectivity index (χ0) is 8.15. The molecule has 58 valence electrons. The Balaban J connectivity index is 3.98. The van der Waals surface area contributed by atoms with E-state index in [0.717, 1.165) is 0 Å². The van der Waals surface area contributed by atoms with Crippen LogP contribution >= 0.6 is 0 Å². The molecule has 0 aromatic carbocycles. The zero-order valence-electron chi connectivity index (χ0n) is 4.42. The first-order chi connectivity index (χ1) is 4.59. The Bertz CT molecular complexity index is 130. The predicted octanol–water partition coefficient (Wildman–Crippen LogP) is -1.16. The van der Waals surface area contributed by atoms with Crippen LogP contribution in [0.15, 0.2) is 0 Å². The molecule has 0 unspecified atom stereocenters. The average Bonchev–Trinajstić information content (AvgIpc) is 1.81. The highest BCUT2D eigenvalue weighted by atomic mass is 16.9. The van der Waals surface area contributed by atoms with E-state index in [9.17, 15) is 25.4 Å². The predicted molar refractivity (Wildman–Crippen MR) is 25.4 cm³/mol. The van der Waals surface area contributed by atoms with E-state index >= 15 is 0 Å². The van der Waals surface area contributed by atoms with Gasteiger partial charge in [-0.15, -0.1) is 0 Å². The zero-order valence-corrected chi connectivity index (χ0v) is 4.42. The largest absolute Gasteiger partial charge is 0.764 e. The molecule has 0 aliphatic rings. The molecule has 0 bridgehead atoms. The Morgan fingerprint density at radius 1 is 1.30 bits per heavy atom. The minimum Gasteiger partial charge on any atom is -0.764 e. The molecule has 0 fully saturated rings. The van der Waals surface area contributed by atoms with Gasteiger partial charge >= 0.3 is 6.35 Å². The van der Waals surface area contributed by atoms with Gasteiger partial charge in [-0.1, -0.05) is 0 Å². The Labute approximate surface area is 53.4 Å². The van der Waals surface area contributed by atoms with Gasteiger partial charge in [0, 0.05) is 0 Å². The third-order valence-corrected chi connectivity index (χ3v) is 0.514. The number of hydrogen-bond acceptors (Lipinski definition) is 7. The number of nitrogens with one attached hydrogen (secondary N) is 1. The Hall–Kier alpha value is -1.32. The molecule has 0 saturated carbocycles. The maximum Gasteiger partial charge on any atom is 0.584 e. The van der Waals surface area contributed by atoms with Gasteiger partial charge in [-0.3, -0.25) is 25.9 Å². The van der Waals surface area contributed by atoms with E-state index in [1.807, 2.05) is 0 Å². The Morgan fingerprint density at radius 2 is 1.70 bits per heavy atom. The molecule has 0 atom stereocenters. The Morgan fingerprint density at radius 3 is 1.80 bits per heavy atom. The van der Waals surface area contributed by atoms with E-state index in [0.29, 0.717) is 5.64 Å². The molecule has 0 aromatic rings. The summed E-state index contributed by atoms with van der Waals surface area (Å²) >= 11 is 0. The summed E-state index contributed by atoms with van der Waals surface area (Å²) < 4.78 is 0. The highest BCUT2D eigenvalue weighted by Crippen LogP contribution is 1.89. The molecule has 0 spiro atoms. The summed E-state index contributed by atoms with van der Waals surface area (Å²) in [5, 5.41) is 28.4. The van der Waals surface area contributed by atoms with E-state index < -0.39 is 16.2 Å². The third kappa shape index (κ3) is 2.30. The maximum atomic E-state index is 9.59. The summed E-state index contributed by atoms with van der Waals surface area (Å²) in [5.41, 5.74) is 0.597.